The predicted octanol–water partition coefficient (Wildman–Crippen LogP) is 8.78. The van der Waals surface area contributed by atoms with Crippen LogP contribution in [0.2, 0.25) is 0 Å². The fourth-order valence-electron chi connectivity index (χ4n) is 4.97. The Bertz CT molecular complexity index is 798. The molecule has 0 N–H and O–H groups in total. The molecule has 0 heterocycles. The summed E-state index contributed by atoms with van der Waals surface area (Å²) in [6.45, 7) is 2.25. The minimum atomic E-state index is -4.75. The van der Waals surface area contributed by atoms with Crippen LogP contribution in [0.4, 0.5) is 30.7 Å². The first-order valence-electron chi connectivity index (χ1n) is 10.9. The fraction of sp³-hybridized carbons (Fsp3) is 0.583. The van der Waals surface area contributed by atoms with Gasteiger partial charge in [-0.1, -0.05) is 19.8 Å². The first-order chi connectivity index (χ1) is 14.5. The third-order valence-corrected chi connectivity index (χ3v) is 6.84. The highest BCUT2D eigenvalue weighted by Gasteiger charge is 2.32. The van der Waals surface area contributed by atoms with Crippen molar-refractivity contribution in [3.05, 3.63) is 46.8 Å². The van der Waals surface area contributed by atoms with Gasteiger partial charge in [-0.2, -0.15) is 13.2 Å². The van der Waals surface area contributed by atoms with Crippen molar-refractivity contribution < 1.29 is 30.7 Å². The van der Waals surface area contributed by atoms with Gasteiger partial charge in [-0.3, -0.25) is 0 Å². The van der Waals surface area contributed by atoms with Crippen LogP contribution in [-0.2, 0) is 0 Å². The van der Waals surface area contributed by atoms with Crippen LogP contribution < -0.4 is 0 Å². The van der Waals surface area contributed by atoms with Gasteiger partial charge in [0.05, 0.1) is 0 Å². The molecule has 0 amide bonds. The molecule has 31 heavy (non-hydrogen) atoms. The van der Waals surface area contributed by atoms with Gasteiger partial charge in [-0.05, 0) is 74.5 Å². The molecule has 2 aliphatic carbocycles. The Kier molecular flexibility index (Phi) is 7.53. The average molecular weight is 448 g/mol. The molecule has 0 aliphatic heterocycles. The average Bonchev–Trinajstić information content (AvgIpc) is 2.72. The summed E-state index contributed by atoms with van der Waals surface area (Å²) in [5, 5.41) is 0. The number of allylic oxidation sites excluding steroid dienone is 2. The van der Waals surface area contributed by atoms with Gasteiger partial charge in [0.2, 0.25) is 0 Å². The van der Waals surface area contributed by atoms with E-state index in [9.17, 15) is 30.7 Å². The molecular formula is C24H27F7. The minimum Gasteiger partial charge on any atom is -0.208 e. The van der Waals surface area contributed by atoms with Gasteiger partial charge in [0, 0.05) is 23.1 Å². The summed E-state index contributed by atoms with van der Waals surface area (Å²) in [4.78, 5) is 0. The highest BCUT2D eigenvalue weighted by Crippen LogP contribution is 2.44. The van der Waals surface area contributed by atoms with Gasteiger partial charge in [-0.15, -0.1) is 0 Å². The molecule has 1 aromatic rings. The van der Waals surface area contributed by atoms with Gasteiger partial charge in [0.15, 0.2) is 5.83 Å². The predicted molar refractivity (Wildman–Crippen MR) is 107 cm³/mol. The van der Waals surface area contributed by atoms with E-state index in [4.69, 9.17) is 0 Å². The van der Waals surface area contributed by atoms with Gasteiger partial charge in [-0.25, -0.2) is 17.6 Å². The van der Waals surface area contributed by atoms with Crippen LogP contribution in [-0.4, -0.2) is 6.18 Å². The van der Waals surface area contributed by atoms with Crippen molar-refractivity contribution >= 4 is 11.9 Å². The highest BCUT2D eigenvalue weighted by atomic mass is 19.4. The highest BCUT2D eigenvalue weighted by molar-refractivity contribution is 5.64. The standard InChI is InChI=1S/C24H27F7/c1-14-2-4-15(5-3-14)16-6-8-17(9-7-16)22(27)23(28)18-12-20(25)19(21(26)13-18)10-11-24(29,30)31/h10-17H,2-9H2,1H3/b11-10+,23-22+. The molecule has 0 saturated heterocycles. The van der Waals surface area contributed by atoms with Crippen molar-refractivity contribution in [1.29, 1.82) is 0 Å². The second-order valence-corrected chi connectivity index (χ2v) is 9.02. The van der Waals surface area contributed by atoms with Crippen molar-refractivity contribution in [2.45, 2.75) is 64.5 Å². The molecule has 2 aliphatic rings. The van der Waals surface area contributed by atoms with Crippen LogP contribution >= 0.6 is 0 Å². The zero-order valence-electron chi connectivity index (χ0n) is 17.4. The molecule has 0 nitrogen and oxygen atoms in total. The SMILES string of the molecule is CC1CCC(C2CCC(/C(F)=C(\F)c3cc(F)c(/C=C/C(F)(F)F)c(F)c3)CC2)CC1. The smallest absolute Gasteiger partial charge is 0.208 e. The van der Waals surface area contributed by atoms with Gasteiger partial charge in [0.25, 0.3) is 0 Å². The molecule has 0 bridgehead atoms. The summed E-state index contributed by atoms with van der Waals surface area (Å²) in [6.07, 6.45) is 2.50. The molecule has 2 saturated carbocycles. The third-order valence-electron chi connectivity index (χ3n) is 6.84. The molecule has 2 fully saturated rings. The topological polar surface area (TPSA) is 0 Å². The van der Waals surface area contributed by atoms with E-state index in [-0.39, 0.29) is 12.2 Å². The van der Waals surface area contributed by atoms with Crippen molar-refractivity contribution in [2.75, 3.05) is 0 Å². The summed E-state index contributed by atoms with van der Waals surface area (Å²) < 4.78 is 94.3. The summed E-state index contributed by atoms with van der Waals surface area (Å²) in [5.74, 6) is -3.90. The summed E-state index contributed by atoms with van der Waals surface area (Å²) in [7, 11) is 0. The Morgan fingerprint density at radius 1 is 0.839 bits per heavy atom. The lowest BCUT2D eigenvalue weighted by molar-refractivity contribution is -0.0790. The quantitative estimate of drug-likeness (QED) is 0.404. The van der Waals surface area contributed by atoms with Gasteiger partial charge < -0.3 is 0 Å². The lowest BCUT2D eigenvalue weighted by Gasteiger charge is -2.37. The Labute approximate surface area is 178 Å². The first kappa shape index (κ1) is 23.9. The van der Waals surface area contributed by atoms with E-state index in [1.54, 1.807) is 0 Å². The zero-order chi connectivity index (χ0) is 22.8. The number of rotatable bonds is 4. The lowest BCUT2D eigenvalue weighted by Crippen LogP contribution is -2.25. The van der Waals surface area contributed by atoms with Crippen molar-refractivity contribution in [1.82, 2.24) is 0 Å². The van der Waals surface area contributed by atoms with E-state index < -0.39 is 46.5 Å². The number of hydrogen-bond acceptors (Lipinski definition) is 0. The minimum absolute atomic E-state index is 0.236. The van der Waals surface area contributed by atoms with Crippen LogP contribution in [0.15, 0.2) is 24.0 Å². The number of hydrogen-bond donors (Lipinski definition) is 0. The second kappa shape index (κ2) is 9.78. The lowest BCUT2D eigenvalue weighted by atomic mass is 9.69. The molecule has 0 atom stereocenters. The van der Waals surface area contributed by atoms with Crippen molar-refractivity contribution in [2.24, 2.45) is 23.7 Å². The summed E-state index contributed by atoms with van der Waals surface area (Å²) in [6, 6.07) is 1.06. The Morgan fingerprint density at radius 3 is 1.81 bits per heavy atom. The second-order valence-electron chi connectivity index (χ2n) is 9.02. The number of alkyl halides is 3. The van der Waals surface area contributed by atoms with Crippen LogP contribution in [0.25, 0.3) is 11.9 Å². The van der Waals surface area contributed by atoms with E-state index in [2.05, 4.69) is 6.92 Å². The van der Waals surface area contributed by atoms with E-state index in [1.165, 1.54) is 25.7 Å². The maximum absolute atomic E-state index is 14.8. The Hall–Kier alpha value is -1.79. The Morgan fingerprint density at radius 2 is 1.32 bits per heavy atom. The number of benzene rings is 1. The van der Waals surface area contributed by atoms with E-state index in [0.717, 1.165) is 18.8 Å². The van der Waals surface area contributed by atoms with E-state index >= 15 is 0 Å². The molecule has 3 rings (SSSR count). The molecule has 0 aromatic heterocycles. The van der Waals surface area contributed by atoms with Crippen LogP contribution in [0.3, 0.4) is 0 Å². The third kappa shape index (κ3) is 6.13. The maximum atomic E-state index is 14.8. The normalized spacial score (nSPS) is 28.6. The van der Waals surface area contributed by atoms with Gasteiger partial charge >= 0.3 is 6.18 Å². The van der Waals surface area contributed by atoms with Crippen molar-refractivity contribution in [3.8, 4) is 0 Å². The molecule has 0 radical (unpaired) electrons. The fourth-order valence-corrected chi connectivity index (χ4v) is 4.97. The van der Waals surface area contributed by atoms with Crippen molar-refractivity contribution in [3.63, 3.8) is 0 Å². The Balaban J connectivity index is 1.69. The molecule has 0 unspecified atom stereocenters. The summed E-state index contributed by atoms with van der Waals surface area (Å²) in [5.41, 5.74) is -1.59. The monoisotopic (exact) mass is 448 g/mol. The number of halogens is 7. The molecule has 1 aromatic carbocycles. The van der Waals surface area contributed by atoms with Crippen LogP contribution in [0.5, 0.6) is 0 Å². The zero-order valence-corrected chi connectivity index (χ0v) is 17.4. The molecule has 0 spiro atoms. The molecular weight excluding hydrogens is 421 g/mol. The summed E-state index contributed by atoms with van der Waals surface area (Å²) >= 11 is 0. The van der Waals surface area contributed by atoms with Gasteiger partial charge in [0.1, 0.15) is 17.5 Å². The maximum Gasteiger partial charge on any atom is 0.409 e. The molecule has 172 valence electrons. The van der Waals surface area contributed by atoms with Crippen LogP contribution in [0.1, 0.15) is 69.4 Å². The van der Waals surface area contributed by atoms with E-state index in [0.29, 0.717) is 36.8 Å². The van der Waals surface area contributed by atoms with Crippen LogP contribution in [0, 0.1) is 35.3 Å². The molecule has 7 heteroatoms. The first-order valence-corrected chi connectivity index (χ1v) is 10.9. The van der Waals surface area contributed by atoms with E-state index in [1.807, 2.05) is 0 Å². The largest absolute Gasteiger partial charge is 0.409 e.